The first-order chi connectivity index (χ1) is 8.62. The van der Waals surface area contributed by atoms with E-state index in [9.17, 15) is 4.79 Å². The third-order valence-electron chi connectivity index (χ3n) is 2.00. The molecule has 0 amide bonds. The molecule has 0 N–H and O–H groups in total. The summed E-state index contributed by atoms with van der Waals surface area (Å²) in [6, 6.07) is 9.44. The van der Waals surface area contributed by atoms with Crippen molar-refractivity contribution in [1.29, 1.82) is 0 Å². The zero-order valence-corrected chi connectivity index (χ0v) is 10.2. The van der Waals surface area contributed by atoms with Crippen molar-refractivity contribution in [2.45, 2.75) is 19.9 Å². The van der Waals surface area contributed by atoms with Gasteiger partial charge in [0, 0.05) is 6.61 Å². The van der Waals surface area contributed by atoms with Gasteiger partial charge in [-0.15, -0.1) is 0 Å². The first-order valence-electron chi connectivity index (χ1n) is 6.18. The number of hydrogen-bond donors (Lipinski definition) is 0. The average Bonchev–Trinajstić information content (AvgIpc) is 2.38. The normalized spacial score (nSPS) is 15.3. The van der Waals surface area contributed by atoms with Gasteiger partial charge in [-0.05, 0) is 25.5 Å². The van der Waals surface area contributed by atoms with Crippen LogP contribution >= 0.6 is 0 Å². The lowest BCUT2D eigenvalue weighted by molar-refractivity contribution is -0.153. The van der Waals surface area contributed by atoms with Gasteiger partial charge in [-0.1, -0.05) is 36.4 Å². The van der Waals surface area contributed by atoms with Gasteiger partial charge >= 0.3 is 5.97 Å². The van der Waals surface area contributed by atoms with Crippen LogP contribution in [0.2, 0.25) is 0 Å². The SMILES string of the molecule is [2H]C(/C=C/c1ccccc1)(OCC)C(=O)OCC. The smallest absolute Gasteiger partial charge is 0.339 e. The molecule has 0 aliphatic rings. The molecule has 92 valence electrons. The van der Waals surface area contributed by atoms with Crippen LogP contribution in [-0.2, 0) is 14.3 Å². The second-order valence-electron chi connectivity index (χ2n) is 3.26. The monoisotopic (exact) mass is 235 g/mol. The summed E-state index contributed by atoms with van der Waals surface area (Å²) in [6.07, 6.45) is 1.31. The van der Waals surface area contributed by atoms with E-state index >= 15 is 0 Å². The topological polar surface area (TPSA) is 35.5 Å². The maximum Gasteiger partial charge on any atom is 0.339 e. The number of benzene rings is 1. The summed E-state index contributed by atoms with van der Waals surface area (Å²) in [5.41, 5.74) is 0.901. The minimum absolute atomic E-state index is 0.228. The molecular weight excluding hydrogens is 216 g/mol. The third kappa shape index (κ3) is 4.83. The summed E-state index contributed by atoms with van der Waals surface area (Å²) in [5, 5.41) is 0. The molecule has 0 bridgehead atoms. The van der Waals surface area contributed by atoms with Crippen LogP contribution in [0.1, 0.15) is 20.8 Å². The van der Waals surface area contributed by atoms with Gasteiger partial charge in [0.25, 0.3) is 0 Å². The maximum absolute atomic E-state index is 11.7. The molecule has 0 aromatic heterocycles. The van der Waals surface area contributed by atoms with Gasteiger partial charge in [0.05, 0.1) is 7.98 Å². The lowest BCUT2D eigenvalue weighted by Crippen LogP contribution is -2.24. The standard InChI is InChI=1S/C14H18O3/c1-3-16-13(14(15)17-4-2)11-10-12-8-6-5-7-9-12/h5-11,13H,3-4H2,1-2H3/b11-10+/i13D. The Balaban J connectivity index is 2.85. The van der Waals surface area contributed by atoms with Gasteiger partial charge in [0.15, 0.2) is 6.08 Å². The summed E-state index contributed by atoms with van der Waals surface area (Å²) in [4.78, 5) is 11.7. The molecular formula is C14H18O3. The van der Waals surface area contributed by atoms with Crippen LogP contribution in [0.15, 0.2) is 36.4 Å². The van der Waals surface area contributed by atoms with Gasteiger partial charge in [0.2, 0.25) is 0 Å². The summed E-state index contributed by atoms with van der Waals surface area (Å²) in [6.45, 7) is 3.93. The number of rotatable bonds is 6. The molecule has 17 heavy (non-hydrogen) atoms. The van der Waals surface area contributed by atoms with Crippen molar-refractivity contribution in [3.63, 3.8) is 0 Å². The van der Waals surface area contributed by atoms with E-state index in [4.69, 9.17) is 10.8 Å². The first-order valence-corrected chi connectivity index (χ1v) is 5.68. The second-order valence-corrected chi connectivity index (χ2v) is 3.26. The Morgan fingerprint density at radius 3 is 2.65 bits per heavy atom. The molecule has 0 spiro atoms. The van der Waals surface area contributed by atoms with Crippen LogP contribution in [-0.4, -0.2) is 25.3 Å². The summed E-state index contributed by atoms with van der Waals surface area (Å²) in [7, 11) is 0. The Kier molecular flexibility index (Phi) is 5.32. The maximum atomic E-state index is 11.7. The van der Waals surface area contributed by atoms with Crippen LogP contribution in [0.4, 0.5) is 0 Å². The highest BCUT2D eigenvalue weighted by atomic mass is 16.6. The Labute approximate surface area is 103 Å². The predicted octanol–water partition coefficient (Wildman–Crippen LogP) is 2.67. The molecule has 0 fully saturated rings. The van der Waals surface area contributed by atoms with Gasteiger partial charge < -0.3 is 9.47 Å². The molecule has 3 nitrogen and oxygen atoms in total. The summed E-state index contributed by atoms with van der Waals surface area (Å²) in [5.74, 6) is -0.695. The third-order valence-corrected chi connectivity index (χ3v) is 2.00. The predicted molar refractivity (Wildman–Crippen MR) is 67.5 cm³/mol. The molecule has 1 rings (SSSR count). The van der Waals surface area contributed by atoms with Crippen LogP contribution < -0.4 is 0 Å². The number of ether oxygens (including phenoxy) is 2. The molecule has 1 aromatic rings. The fourth-order valence-electron chi connectivity index (χ4n) is 1.27. The van der Waals surface area contributed by atoms with Crippen LogP contribution in [0.3, 0.4) is 0 Å². The van der Waals surface area contributed by atoms with Gasteiger partial charge in [-0.2, -0.15) is 0 Å². The molecule has 1 unspecified atom stereocenters. The fraction of sp³-hybridized carbons (Fsp3) is 0.357. The molecule has 1 atom stereocenters. The van der Waals surface area contributed by atoms with E-state index in [1.54, 1.807) is 19.9 Å². The molecule has 0 saturated heterocycles. The van der Waals surface area contributed by atoms with E-state index < -0.39 is 12.0 Å². The van der Waals surface area contributed by atoms with Crippen molar-refractivity contribution < 1.29 is 15.6 Å². The van der Waals surface area contributed by atoms with Crippen LogP contribution in [0.25, 0.3) is 6.08 Å². The van der Waals surface area contributed by atoms with Crippen molar-refractivity contribution in [2.24, 2.45) is 0 Å². The molecule has 1 aromatic carbocycles. The summed E-state index contributed by atoms with van der Waals surface area (Å²) < 4.78 is 18.0. The van der Waals surface area contributed by atoms with Crippen LogP contribution in [0, 0.1) is 0 Å². The Morgan fingerprint density at radius 2 is 2.06 bits per heavy atom. The van der Waals surface area contributed by atoms with Crippen molar-refractivity contribution in [1.82, 2.24) is 0 Å². The number of hydrogen-bond acceptors (Lipinski definition) is 3. The van der Waals surface area contributed by atoms with Gasteiger partial charge in [0.1, 0.15) is 0 Å². The quantitative estimate of drug-likeness (QED) is 0.711. The van der Waals surface area contributed by atoms with Crippen LogP contribution in [0.5, 0.6) is 0 Å². The highest BCUT2D eigenvalue weighted by Crippen LogP contribution is 2.05. The largest absolute Gasteiger partial charge is 0.464 e. The number of carbonyl (C=O) groups is 1. The lowest BCUT2D eigenvalue weighted by atomic mass is 10.2. The van der Waals surface area contributed by atoms with Gasteiger partial charge in [-0.25, -0.2) is 4.79 Å². The van der Waals surface area contributed by atoms with E-state index in [-0.39, 0.29) is 13.2 Å². The van der Waals surface area contributed by atoms with E-state index in [0.29, 0.717) is 0 Å². The Morgan fingerprint density at radius 1 is 1.35 bits per heavy atom. The minimum atomic E-state index is -1.78. The number of carbonyl (C=O) groups excluding carboxylic acids is 1. The molecule has 0 aliphatic heterocycles. The van der Waals surface area contributed by atoms with Crippen molar-refractivity contribution in [2.75, 3.05) is 13.2 Å². The van der Waals surface area contributed by atoms with E-state index in [2.05, 4.69) is 0 Å². The fourth-order valence-corrected chi connectivity index (χ4v) is 1.27. The van der Waals surface area contributed by atoms with E-state index in [1.807, 2.05) is 30.3 Å². The molecule has 0 radical (unpaired) electrons. The van der Waals surface area contributed by atoms with Crippen molar-refractivity contribution in [3.05, 3.63) is 42.0 Å². The zero-order chi connectivity index (χ0) is 13.4. The second kappa shape index (κ2) is 7.63. The zero-order valence-electron chi connectivity index (χ0n) is 11.2. The van der Waals surface area contributed by atoms with E-state index in [1.165, 1.54) is 6.08 Å². The minimum Gasteiger partial charge on any atom is -0.464 e. The van der Waals surface area contributed by atoms with Crippen molar-refractivity contribution >= 4 is 12.0 Å². The van der Waals surface area contributed by atoms with Crippen molar-refractivity contribution in [3.8, 4) is 0 Å². The first kappa shape index (κ1) is 11.9. The molecule has 0 saturated carbocycles. The molecule has 3 heteroatoms. The molecule has 0 heterocycles. The van der Waals surface area contributed by atoms with Gasteiger partial charge in [-0.3, -0.25) is 0 Å². The summed E-state index contributed by atoms with van der Waals surface area (Å²) >= 11 is 0. The molecule has 0 aliphatic carbocycles. The highest BCUT2D eigenvalue weighted by Gasteiger charge is 2.15. The Bertz CT molecular complexity index is 403. The lowest BCUT2D eigenvalue weighted by Gasteiger charge is -2.11. The highest BCUT2D eigenvalue weighted by molar-refractivity contribution is 5.78. The Hall–Kier alpha value is -1.61. The number of esters is 1. The average molecular weight is 235 g/mol. The van der Waals surface area contributed by atoms with E-state index in [0.717, 1.165) is 5.56 Å².